The van der Waals surface area contributed by atoms with E-state index in [4.69, 9.17) is 4.74 Å². The minimum absolute atomic E-state index is 0.0527. The van der Waals surface area contributed by atoms with Crippen LogP contribution in [0, 0.1) is 5.92 Å². The van der Waals surface area contributed by atoms with Crippen molar-refractivity contribution in [2.45, 2.75) is 25.4 Å². The molecule has 0 aliphatic heterocycles. The van der Waals surface area contributed by atoms with Crippen molar-refractivity contribution in [3.05, 3.63) is 59.8 Å². The Morgan fingerprint density at radius 3 is 2.57 bits per heavy atom. The first-order valence-electron chi connectivity index (χ1n) is 9.11. The average molecular weight is 388 g/mol. The smallest absolute Gasteiger partial charge is 0.416 e. The molecule has 2 aromatic carbocycles. The molecule has 0 spiro atoms. The zero-order valence-corrected chi connectivity index (χ0v) is 15.0. The highest BCUT2D eigenvalue weighted by Crippen LogP contribution is 2.32. The summed E-state index contributed by atoms with van der Waals surface area (Å²) in [5, 5.41) is 3.89. The molecule has 4 rings (SSSR count). The van der Waals surface area contributed by atoms with Gasteiger partial charge in [-0.3, -0.25) is 4.79 Å². The van der Waals surface area contributed by atoms with Gasteiger partial charge < -0.3 is 15.0 Å². The molecule has 0 unspecified atom stereocenters. The van der Waals surface area contributed by atoms with Gasteiger partial charge in [-0.1, -0.05) is 6.07 Å². The first-order chi connectivity index (χ1) is 13.4. The second kappa shape index (κ2) is 7.22. The third kappa shape index (κ3) is 4.13. The molecular weight excluding hydrogens is 369 g/mol. The number of alkyl halides is 3. The molecule has 1 heterocycles. The third-order valence-corrected chi connectivity index (χ3v) is 4.79. The summed E-state index contributed by atoms with van der Waals surface area (Å²) in [6.45, 7) is 0.338. The van der Waals surface area contributed by atoms with Crippen molar-refractivity contribution in [1.82, 2.24) is 4.98 Å². The van der Waals surface area contributed by atoms with Crippen LogP contribution in [-0.4, -0.2) is 17.5 Å². The summed E-state index contributed by atoms with van der Waals surface area (Å²) in [7, 11) is 0. The van der Waals surface area contributed by atoms with Crippen molar-refractivity contribution >= 4 is 22.5 Å². The summed E-state index contributed by atoms with van der Waals surface area (Å²) < 4.78 is 43.3. The molecule has 1 saturated carbocycles. The van der Waals surface area contributed by atoms with Crippen LogP contribution in [0.1, 0.15) is 24.0 Å². The van der Waals surface area contributed by atoms with Crippen molar-refractivity contribution < 1.29 is 22.7 Å². The quantitative estimate of drug-likeness (QED) is 0.613. The fourth-order valence-electron chi connectivity index (χ4n) is 3.03. The first-order valence-corrected chi connectivity index (χ1v) is 9.11. The van der Waals surface area contributed by atoms with Gasteiger partial charge in [-0.15, -0.1) is 0 Å². The van der Waals surface area contributed by atoms with Crippen molar-refractivity contribution in [3.63, 3.8) is 0 Å². The van der Waals surface area contributed by atoms with Gasteiger partial charge in [0.25, 0.3) is 0 Å². The number of hydrogen-bond acceptors (Lipinski definition) is 2. The van der Waals surface area contributed by atoms with E-state index in [0.717, 1.165) is 47.1 Å². The number of amides is 1. The largest absolute Gasteiger partial charge is 0.493 e. The number of halogens is 3. The van der Waals surface area contributed by atoms with Crippen molar-refractivity contribution in [2.75, 3.05) is 11.9 Å². The number of carbonyl (C=O) groups excluding carboxylic acids is 1. The van der Waals surface area contributed by atoms with Crippen LogP contribution in [0.15, 0.2) is 48.7 Å². The number of nitrogens with one attached hydrogen (secondary N) is 2. The number of fused-ring (bicyclic) bond motifs is 1. The molecule has 2 N–H and O–H groups in total. The Kier molecular flexibility index (Phi) is 4.75. The van der Waals surface area contributed by atoms with Gasteiger partial charge in [0.15, 0.2) is 0 Å². The summed E-state index contributed by atoms with van der Waals surface area (Å²) in [5.41, 5.74) is 2.01. The van der Waals surface area contributed by atoms with E-state index in [-0.39, 0.29) is 11.8 Å². The molecule has 1 aliphatic carbocycles. The Labute approximate surface area is 159 Å². The maximum Gasteiger partial charge on any atom is 0.416 e. The molecule has 0 bridgehead atoms. The fourth-order valence-corrected chi connectivity index (χ4v) is 3.03. The van der Waals surface area contributed by atoms with Gasteiger partial charge in [0, 0.05) is 29.4 Å². The SMILES string of the molecule is O=C(Nc1c[nH]c2ccc(CCOc3ccc(C(F)(F)F)cc3)cc12)C1CC1. The highest BCUT2D eigenvalue weighted by Gasteiger charge is 2.30. The van der Waals surface area contributed by atoms with Crippen LogP contribution in [0.25, 0.3) is 10.9 Å². The number of anilines is 1. The van der Waals surface area contributed by atoms with Gasteiger partial charge in [-0.2, -0.15) is 13.2 Å². The van der Waals surface area contributed by atoms with Crippen LogP contribution in [-0.2, 0) is 17.4 Å². The number of H-pyrrole nitrogens is 1. The number of aromatic amines is 1. The number of carbonyl (C=O) groups is 1. The normalized spacial score (nSPS) is 14.2. The summed E-state index contributed by atoms with van der Waals surface area (Å²) >= 11 is 0. The predicted molar refractivity (Wildman–Crippen MR) is 100 cm³/mol. The van der Waals surface area contributed by atoms with Crippen LogP contribution >= 0.6 is 0 Å². The molecule has 3 aromatic rings. The van der Waals surface area contributed by atoms with Gasteiger partial charge in [0.05, 0.1) is 17.9 Å². The van der Waals surface area contributed by atoms with Crippen molar-refractivity contribution in [2.24, 2.45) is 5.92 Å². The van der Waals surface area contributed by atoms with E-state index >= 15 is 0 Å². The van der Waals surface area contributed by atoms with E-state index in [9.17, 15) is 18.0 Å². The summed E-state index contributed by atoms with van der Waals surface area (Å²) in [6, 6.07) is 10.6. The van der Waals surface area contributed by atoms with E-state index in [1.807, 2.05) is 18.2 Å². The standard InChI is InChI=1S/C21H19F3N2O2/c22-21(23,24)15-4-6-16(7-5-15)28-10-9-13-1-8-18-17(11-13)19(12-25-18)26-20(27)14-2-3-14/h1,4-8,11-12,14,25H,2-3,9-10H2,(H,26,27). The van der Waals surface area contributed by atoms with E-state index < -0.39 is 11.7 Å². The lowest BCUT2D eigenvalue weighted by molar-refractivity contribution is -0.137. The number of aromatic nitrogens is 1. The molecule has 1 aromatic heterocycles. The molecule has 0 saturated heterocycles. The second-order valence-electron chi connectivity index (χ2n) is 6.97. The number of ether oxygens (including phenoxy) is 1. The van der Waals surface area contributed by atoms with E-state index in [1.54, 1.807) is 6.20 Å². The zero-order chi connectivity index (χ0) is 19.7. The van der Waals surface area contributed by atoms with Crippen molar-refractivity contribution in [3.8, 4) is 5.75 Å². The number of hydrogen-bond donors (Lipinski definition) is 2. The van der Waals surface area contributed by atoms with Gasteiger partial charge in [0.2, 0.25) is 5.91 Å². The maximum absolute atomic E-state index is 12.6. The highest BCUT2D eigenvalue weighted by atomic mass is 19.4. The Hall–Kier alpha value is -2.96. The molecule has 7 heteroatoms. The molecule has 1 aliphatic rings. The van der Waals surface area contributed by atoms with Crippen LogP contribution in [0.5, 0.6) is 5.75 Å². The molecule has 146 valence electrons. The summed E-state index contributed by atoms with van der Waals surface area (Å²) in [4.78, 5) is 15.1. The van der Waals surface area contributed by atoms with E-state index in [1.165, 1.54) is 12.1 Å². The number of rotatable bonds is 6. The van der Waals surface area contributed by atoms with Crippen LogP contribution in [0.4, 0.5) is 18.9 Å². The molecule has 0 atom stereocenters. The van der Waals surface area contributed by atoms with Gasteiger partial charge in [-0.25, -0.2) is 0 Å². The van der Waals surface area contributed by atoms with Crippen molar-refractivity contribution in [1.29, 1.82) is 0 Å². The van der Waals surface area contributed by atoms with Gasteiger partial charge in [-0.05, 0) is 54.8 Å². The molecule has 1 amide bonds. The van der Waals surface area contributed by atoms with E-state index in [0.29, 0.717) is 18.8 Å². The Morgan fingerprint density at radius 1 is 1.14 bits per heavy atom. The first kappa shape index (κ1) is 18.4. The minimum atomic E-state index is -4.35. The lowest BCUT2D eigenvalue weighted by Crippen LogP contribution is -2.12. The Bertz CT molecular complexity index is 989. The lowest BCUT2D eigenvalue weighted by atomic mass is 10.1. The van der Waals surface area contributed by atoms with Crippen LogP contribution in [0.3, 0.4) is 0 Å². The topological polar surface area (TPSA) is 54.1 Å². The van der Waals surface area contributed by atoms with E-state index in [2.05, 4.69) is 10.3 Å². The molecular formula is C21H19F3N2O2. The zero-order valence-electron chi connectivity index (χ0n) is 15.0. The minimum Gasteiger partial charge on any atom is -0.493 e. The molecule has 1 fully saturated rings. The summed E-state index contributed by atoms with van der Waals surface area (Å²) in [5.74, 6) is 0.579. The van der Waals surface area contributed by atoms with Gasteiger partial charge >= 0.3 is 6.18 Å². The Morgan fingerprint density at radius 2 is 1.89 bits per heavy atom. The fraction of sp³-hybridized carbons (Fsp3) is 0.286. The lowest BCUT2D eigenvalue weighted by Gasteiger charge is -2.09. The average Bonchev–Trinajstić information content (AvgIpc) is 3.45. The number of benzene rings is 2. The third-order valence-electron chi connectivity index (χ3n) is 4.79. The van der Waals surface area contributed by atoms with Crippen LogP contribution in [0.2, 0.25) is 0 Å². The van der Waals surface area contributed by atoms with Crippen LogP contribution < -0.4 is 10.1 Å². The van der Waals surface area contributed by atoms with Gasteiger partial charge in [0.1, 0.15) is 5.75 Å². The second-order valence-corrected chi connectivity index (χ2v) is 6.97. The molecule has 28 heavy (non-hydrogen) atoms. The molecule has 0 radical (unpaired) electrons. The Balaban J connectivity index is 1.38. The highest BCUT2D eigenvalue weighted by molar-refractivity contribution is 6.03. The predicted octanol–water partition coefficient (Wildman–Crippen LogP) is 5.16. The monoisotopic (exact) mass is 388 g/mol. The maximum atomic E-state index is 12.6. The molecule has 4 nitrogen and oxygen atoms in total. The summed E-state index contributed by atoms with van der Waals surface area (Å²) in [6.07, 6.45) is -0.0792.